The average Bonchev–Trinajstić information content (AvgIpc) is 1.85. The zero-order valence-electron chi connectivity index (χ0n) is 7.35. The molecular formula is C10H14S. The molecule has 0 saturated heterocycles. The van der Waals surface area contributed by atoms with Crippen LogP contribution < -0.4 is 0 Å². The molecule has 1 heteroatoms. The van der Waals surface area contributed by atoms with Gasteiger partial charge in [0.25, 0.3) is 0 Å². The van der Waals surface area contributed by atoms with E-state index in [1.54, 1.807) is 0 Å². The Morgan fingerprint density at radius 1 is 1.45 bits per heavy atom. The Labute approximate surface area is 73.3 Å². The van der Waals surface area contributed by atoms with Gasteiger partial charge in [0.2, 0.25) is 0 Å². The lowest BCUT2D eigenvalue weighted by atomic mass is 9.92. The molecule has 0 aromatic heterocycles. The van der Waals surface area contributed by atoms with Crippen LogP contribution in [-0.4, -0.2) is 0 Å². The molecule has 0 nitrogen and oxygen atoms in total. The number of hydrogen-bond acceptors (Lipinski definition) is 0. The normalized spacial score (nSPS) is 10.7. The van der Waals surface area contributed by atoms with Crippen LogP contribution in [0.4, 0.5) is 0 Å². The van der Waals surface area contributed by atoms with Crippen molar-refractivity contribution in [1.82, 2.24) is 0 Å². The van der Waals surface area contributed by atoms with Crippen molar-refractivity contribution in [2.75, 3.05) is 0 Å². The van der Waals surface area contributed by atoms with Crippen LogP contribution in [0.15, 0.2) is 12.2 Å². The van der Waals surface area contributed by atoms with Crippen LogP contribution in [0.3, 0.4) is 0 Å². The van der Waals surface area contributed by atoms with E-state index in [1.807, 2.05) is 6.08 Å². The van der Waals surface area contributed by atoms with Gasteiger partial charge in [0.15, 0.2) is 0 Å². The van der Waals surface area contributed by atoms with E-state index in [4.69, 9.17) is 6.42 Å². The highest BCUT2D eigenvalue weighted by Gasteiger charge is 2.05. The molecule has 0 fully saturated rings. The SMILES string of the molecule is C#CS#C/C=C\CC(C)(C)C. The summed E-state index contributed by atoms with van der Waals surface area (Å²) in [5.41, 5.74) is 0.360. The van der Waals surface area contributed by atoms with E-state index in [0.29, 0.717) is 5.41 Å². The number of hydrogen-bond donors (Lipinski definition) is 0. The number of allylic oxidation sites excluding steroid dienone is 2. The Balaban J connectivity index is 3.73. The molecule has 0 aliphatic rings. The fourth-order valence-corrected chi connectivity index (χ4v) is 0.761. The summed E-state index contributed by atoms with van der Waals surface area (Å²) in [7, 11) is 0. The zero-order valence-corrected chi connectivity index (χ0v) is 8.16. The summed E-state index contributed by atoms with van der Waals surface area (Å²) < 4.78 is 0. The molecule has 0 aromatic rings. The van der Waals surface area contributed by atoms with Gasteiger partial charge in [-0.05, 0) is 39.5 Å². The minimum atomic E-state index is 0.360. The molecule has 0 atom stereocenters. The summed E-state index contributed by atoms with van der Waals surface area (Å²) in [6.07, 6.45) is 10.0. The van der Waals surface area contributed by atoms with Gasteiger partial charge in [0.05, 0.1) is 0 Å². The maximum atomic E-state index is 5.01. The van der Waals surface area contributed by atoms with Gasteiger partial charge in [-0.3, -0.25) is 0 Å². The fraction of sp³-hybridized carbons (Fsp3) is 0.500. The Kier molecular flexibility index (Phi) is 4.70. The third-order valence-electron chi connectivity index (χ3n) is 1.03. The summed E-state index contributed by atoms with van der Waals surface area (Å²) in [5.74, 6) is 0. The summed E-state index contributed by atoms with van der Waals surface area (Å²) in [4.78, 5) is 0. The maximum Gasteiger partial charge on any atom is -0.00601 e. The number of rotatable bonds is 1. The molecule has 0 saturated carbocycles. The lowest BCUT2D eigenvalue weighted by molar-refractivity contribution is 0.420. The lowest BCUT2D eigenvalue weighted by Gasteiger charge is -2.13. The first-order valence-electron chi connectivity index (χ1n) is 3.58. The molecule has 0 aromatic carbocycles. The maximum absolute atomic E-state index is 5.01. The van der Waals surface area contributed by atoms with E-state index < -0.39 is 0 Å². The topological polar surface area (TPSA) is 0 Å². The van der Waals surface area contributed by atoms with Crippen LogP contribution in [0.1, 0.15) is 27.2 Å². The highest BCUT2D eigenvalue weighted by atomic mass is 32.1. The van der Waals surface area contributed by atoms with Gasteiger partial charge in [-0.25, -0.2) is 0 Å². The average molecular weight is 166 g/mol. The largest absolute Gasteiger partial charge is 0.103 e. The molecule has 0 unspecified atom stereocenters. The monoisotopic (exact) mass is 166 g/mol. The predicted molar refractivity (Wildman–Crippen MR) is 53.5 cm³/mol. The predicted octanol–water partition coefficient (Wildman–Crippen LogP) is 3.26. The highest BCUT2D eigenvalue weighted by Crippen LogP contribution is 2.18. The van der Waals surface area contributed by atoms with Crippen LogP contribution in [0, 0.1) is 22.3 Å². The standard InChI is InChI=1S/C10H14S/c1-5-11-9-7-6-8-10(2,3)4/h1,6-7H,8H2,2-4H3/b7-6-. The van der Waals surface area contributed by atoms with Crippen molar-refractivity contribution >= 4 is 11.2 Å². The minimum absolute atomic E-state index is 0.360. The molecular weight excluding hydrogens is 152 g/mol. The Hall–Kier alpha value is -0.700. The van der Waals surface area contributed by atoms with Gasteiger partial charge >= 0.3 is 0 Å². The summed E-state index contributed by atoms with van der Waals surface area (Å²) >= 11 is 1.25. The molecule has 0 spiro atoms. The van der Waals surface area contributed by atoms with E-state index >= 15 is 0 Å². The summed E-state index contributed by atoms with van der Waals surface area (Å²) in [6.45, 7) is 6.60. The minimum Gasteiger partial charge on any atom is -0.103 e. The molecule has 0 radical (unpaired) electrons. The van der Waals surface area contributed by atoms with Gasteiger partial charge in [0.1, 0.15) is 0 Å². The summed E-state index contributed by atoms with van der Waals surface area (Å²) in [6, 6.07) is 0. The second kappa shape index (κ2) is 5.02. The van der Waals surface area contributed by atoms with E-state index in [9.17, 15) is 0 Å². The van der Waals surface area contributed by atoms with Gasteiger partial charge in [-0.15, -0.1) is 6.42 Å². The molecule has 0 bridgehead atoms. The first kappa shape index (κ1) is 10.3. The van der Waals surface area contributed by atoms with Crippen LogP contribution in [0.2, 0.25) is 0 Å². The fourth-order valence-electron chi connectivity index (χ4n) is 0.529. The van der Waals surface area contributed by atoms with E-state index in [2.05, 4.69) is 37.3 Å². The molecule has 0 aliphatic carbocycles. The van der Waals surface area contributed by atoms with Crippen molar-refractivity contribution in [1.29, 1.82) is 0 Å². The Morgan fingerprint density at radius 3 is 2.55 bits per heavy atom. The van der Waals surface area contributed by atoms with Crippen molar-refractivity contribution in [3.63, 3.8) is 0 Å². The molecule has 0 amide bonds. The van der Waals surface area contributed by atoms with Crippen LogP contribution in [0.25, 0.3) is 0 Å². The van der Waals surface area contributed by atoms with Crippen molar-refractivity contribution in [2.24, 2.45) is 5.41 Å². The van der Waals surface area contributed by atoms with Crippen LogP contribution in [0.5, 0.6) is 0 Å². The Morgan fingerprint density at radius 2 is 2.09 bits per heavy atom. The second-order valence-corrected chi connectivity index (χ2v) is 4.18. The van der Waals surface area contributed by atoms with Gasteiger partial charge < -0.3 is 0 Å². The molecule has 0 heterocycles. The van der Waals surface area contributed by atoms with Gasteiger partial charge in [-0.2, -0.15) is 0 Å². The third-order valence-corrected chi connectivity index (χ3v) is 1.41. The number of terminal acetylenes is 1. The zero-order chi connectivity index (χ0) is 8.74. The molecule has 0 rings (SSSR count). The molecule has 0 N–H and O–H groups in total. The van der Waals surface area contributed by atoms with Gasteiger partial charge in [-0.1, -0.05) is 26.8 Å². The summed E-state index contributed by atoms with van der Waals surface area (Å²) in [5, 5.41) is 5.33. The van der Waals surface area contributed by atoms with Crippen molar-refractivity contribution in [3.8, 4) is 16.9 Å². The van der Waals surface area contributed by atoms with E-state index in [0.717, 1.165) is 6.42 Å². The Bertz CT molecular complexity index is 224. The van der Waals surface area contributed by atoms with Crippen molar-refractivity contribution < 1.29 is 0 Å². The lowest BCUT2D eigenvalue weighted by Crippen LogP contribution is -2.01. The first-order valence-corrected chi connectivity index (χ1v) is 4.40. The second-order valence-electron chi connectivity index (χ2n) is 3.50. The van der Waals surface area contributed by atoms with Crippen molar-refractivity contribution in [2.45, 2.75) is 27.2 Å². The van der Waals surface area contributed by atoms with Crippen LogP contribution >= 0.6 is 11.2 Å². The molecule has 60 valence electrons. The third kappa shape index (κ3) is 9.30. The smallest absolute Gasteiger partial charge is 0.00601 e. The van der Waals surface area contributed by atoms with Crippen LogP contribution in [-0.2, 0) is 0 Å². The molecule has 0 aliphatic heterocycles. The highest BCUT2D eigenvalue weighted by molar-refractivity contribution is 7.93. The quantitative estimate of drug-likeness (QED) is 0.524. The van der Waals surface area contributed by atoms with Crippen molar-refractivity contribution in [3.05, 3.63) is 12.2 Å². The molecule has 11 heavy (non-hydrogen) atoms. The van der Waals surface area contributed by atoms with E-state index in [-0.39, 0.29) is 0 Å². The first-order chi connectivity index (χ1) is 5.06. The van der Waals surface area contributed by atoms with Gasteiger partial charge in [0, 0.05) is 0 Å². The van der Waals surface area contributed by atoms with E-state index in [1.165, 1.54) is 11.2 Å².